The zero-order valence-corrected chi connectivity index (χ0v) is 37.7. The van der Waals surface area contributed by atoms with Crippen molar-refractivity contribution in [3.8, 4) is 0 Å². The fraction of sp³-hybridized carbons (Fsp3) is 0.561. The number of carbonyl (C=O) groups is 8. The van der Waals surface area contributed by atoms with Crippen LogP contribution in [0.15, 0.2) is 40.4 Å². The zero-order valence-electron chi connectivity index (χ0n) is 37.7. The molecule has 0 saturated heterocycles. The quantitative estimate of drug-likeness (QED) is 0.0220. The summed E-state index contributed by atoms with van der Waals surface area (Å²) in [5.74, 6) is -6.75. The van der Waals surface area contributed by atoms with Crippen LogP contribution in [-0.2, 0) is 44.8 Å². The maximum atomic E-state index is 14.0. The van der Waals surface area contributed by atoms with Crippen molar-refractivity contribution in [2.75, 3.05) is 26.2 Å². The molecule has 360 valence electrons. The predicted octanol–water partition coefficient (Wildman–Crippen LogP) is -3.99. The first-order chi connectivity index (χ1) is 30.6. The van der Waals surface area contributed by atoms with Crippen LogP contribution in [0.4, 0.5) is 0 Å². The number of rotatable bonds is 28. The van der Waals surface area contributed by atoms with E-state index < -0.39 is 103 Å². The van der Waals surface area contributed by atoms with Crippen LogP contribution in [0.1, 0.15) is 72.3 Å². The van der Waals surface area contributed by atoms with Crippen molar-refractivity contribution in [3.63, 3.8) is 0 Å². The van der Waals surface area contributed by atoms with Gasteiger partial charge >= 0.3 is 0 Å². The van der Waals surface area contributed by atoms with Crippen molar-refractivity contribution in [2.45, 2.75) is 109 Å². The Morgan fingerprint density at radius 2 is 1.14 bits per heavy atom. The molecule has 20 N–H and O–H groups in total. The highest BCUT2D eigenvalue weighted by atomic mass is 16.2. The van der Waals surface area contributed by atoms with E-state index in [4.69, 9.17) is 34.4 Å². The third-order valence-electron chi connectivity index (χ3n) is 9.77. The van der Waals surface area contributed by atoms with Gasteiger partial charge in [-0.2, -0.15) is 0 Å². The molecule has 0 aliphatic heterocycles. The number of fused-ring (bicyclic) bond motifs is 1. The lowest BCUT2D eigenvalue weighted by Crippen LogP contribution is -2.60. The van der Waals surface area contributed by atoms with Crippen LogP contribution < -0.4 is 71.6 Å². The summed E-state index contributed by atoms with van der Waals surface area (Å²) in [6.07, 6.45) is 2.50. The minimum absolute atomic E-state index is 0.00530. The zero-order chi connectivity index (χ0) is 48.8. The molecular weight excluding hydrogens is 845 g/mol. The highest BCUT2D eigenvalue weighted by Crippen LogP contribution is 2.20. The van der Waals surface area contributed by atoms with Crippen molar-refractivity contribution < 1.29 is 38.4 Å². The first kappa shape index (κ1) is 54.2. The van der Waals surface area contributed by atoms with Gasteiger partial charge in [0.1, 0.15) is 30.2 Å². The summed E-state index contributed by atoms with van der Waals surface area (Å²) in [5.41, 5.74) is 34.2. The summed E-state index contributed by atoms with van der Waals surface area (Å²) >= 11 is 0. The number of hydrogen-bond acceptors (Lipinski definition) is 11. The molecule has 24 nitrogen and oxygen atoms in total. The molecule has 24 heteroatoms. The number of para-hydroxylation sites is 1. The van der Waals surface area contributed by atoms with Gasteiger partial charge < -0.3 is 76.6 Å². The third kappa shape index (κ3) is 19.9. The summed E-state index contributed by atoms with van der Waals surface area (Å²) in [6, 6.07) is 0.615. The van der Waals surface area contributed by atoms with Crippen LogP contribution in [0.5, 0.6) is 0 Å². The van der Waals surface area contributed by atoms with Crippen molar-refractivity contribution in [2.24, 2.45) is 56.2 Å². The van der Waals surface area contributed by atoms with Gasteiger partial charge in [-0.05, 0) is 62.5 Å². The lowest BCUT2D eigenvalue weighted by atomic mass is 9.98. The van der Waals surface area contributed by atoms with Crippen LogP contribution in [0.25, 0.3) is 10.9 Å². The largest absolute Gasteiger partial charge is 0.370 e. The number of nitrogens with zero attached hydrogens (tertiary/aromatic N) is 2. The Balaban J connectivity index is 2.27. The SMILES string of the molecule is CC(C)C[C@H](NC(=O)[C@H](Cc1c[nH]c2ccccc12)NC(=O)[C@H](C)N)C(=O)N[C@H](C(=O)N[C@@H](CCCN=C(N)N)C(=O)NCC(=O)N[C@@H](CCCN=C(N)N)C(=O)NCC(N)=O)C(C)C. The van der Waals surface area contributed by atoms with Crippen LogP contribution in [0.3, 0.4) is 0 Å². The Morgan fingerprint density at radius 1 is 0.615 bits per heavy atom. The Labute approximate surface area is 377 Å². The molecule has 2 rings (SSSR count). The van der Waals surface area contributed by atoms with Gasteiger partial charge in [-0.1, -0.05) is 45.9 Å². The van der Waals surface area contributed by atoms with Crippen LogP contribution >= 0.6 is 0 Å². The van der Waals surface area contributed by atoms with Crippen molar-refractivity contribution >= 4 is 70.1 Å². The number of nitrogens with two attached hydrogens (primary N) is 6. The van der Waals surface area contributed by atoms with E-state index >= 15 is 0 Å². The molecule has 0 fully saturated rings. The standard InChI is InChI=1S/C41H68N16O8/c1-21(2)16-29(56-37(63)30(55-34(60)23(5)42)17-24-18-50-26-11-7-6-10-25(24)26)38(64)57-33(22(3)4)39(65)54-28(13-9-15-49-41(46)47)36(62)52-20-32(59)53-27(12-8-14-48-40(44)45)35(61)51-19-31(43)58/h6-7,10-11,18,21-23,27-30,33,50H,8-9,12-17,19-20,42H2,1-5H3,(H2,43,58)(H,51,61)(H,52,62)(H,53,59)(H,54,65)(H,55,60)(H,56,63)(H,57,64)(H4,44,45,48)(H4,46,47,49)/t23-,27-,28-,29-,30-,33-/m0/s1. The Morgan fingerprint density at radius 3 is 1.68 bits per heavy atom. The first-order valence-corrected chi connectivity index (χ1v) is 21.3. The van der Waals surface area contributed by atoms with Gasteiger partial charge in [0.15, 0.2) is 11.9 Å². The normalized spacial score (nSPS) is 13.8. The lowest BCUT2D eigenvalue weighted by molar-refractivity contribution is -0.135. The fourth-order valence-corrected chi connectivity index (χ4v) is 6.44. The predicted molar refractivity (Wildman–Crippen MR) is 245 cm³/mol. The summed E-state index contributed by atoms with van der Waals surface area (Å²) in [4.78, 5) is 116. The molecule has 1 aromatic carbocycles. The second kappa shape index (κ2) is 27.3. The van der Waals surface area contributed by atoms with Crippen LogP contribution in [0.2, 0.25) is 0 Å². The molecule has 8 amide bonds. The summed E-state index contributed by atoms with van der Waals surface area (Å²) in [6.45, 7) is 7.65. The molecule has 0 aliphatic carbocycles. The highest BCUT2D eigenvalue weighted by Gasteiger charge is 2.34. The maximum Gasteiger partial charge on any atom is 0.243 e. The van der Waals surface area contributed by atoms with E-state index in [0.717, 1.165) is 16.5 Å². The number of guanidine groups is 2. The average molecular weight is 913 g/mol. The van der Waals surface area contributed by atoms with Crippen molar-refractivity contribution in [1.82, 2.24) is 42.2 Å². The molecule has 1 heterocycles. The molecule has 0 bridgehead atoms. The molecule has 0 spiro atoms. The number of primary amides is 1. The molecule has 6 atom stereocenters. The number of hydrogen-bond donors (Lipinski definition) is 14. The minimum Gasteiger partial charge on any atom is -0.370 e. The Hall–Kier alpha value is -6.98. The monoisotopic (exact) mass is 913 g/mol. The molecule has 0 unspecified atom stereocenters. The Kier molecular flexibility index (Phi) is 22.7. The molecule has 65 heavy (non-hydrogen) atoms. The first-order valence-electron chi connectivity index (χ1n) is 21.3. The number of aromatic amines is 1. The number of H-pyrrole nitrogens is 1. The smallest absolute Gasteiger partial charge is 0.243 e. The number of amides is 8. The molecule has 0 saturated carbocycles. The minimum atomic E-state index is -1.26. The van der Waals surface area contributed by atoms with Gasteiger partial charge in [-0.3, -0.25) is 48.3 Å². The fourth-order valence-electron chi connectivity index (χ4n) is 6.44. The number of nitrogens with one attached hydrogen (secondary N) is 8. The van der Waals surface area contributed by atoms with E-state index in [-0.39, 0.29) is 69.5 Å². The second-order valence-electron chi connectivity index (χ2n) is 16.3. The van der Waals surface area contributed by atoms with Crippen LogP contribution in [-0.4, -0.2) is 127 Å². The van der Waals surface area contributed by atoms with E-state index in [2.05, 4.69) is 52.2 Å². The van der Waals surface area contributed by atoms with E-state index in [9.17, 15) is 38.4 Å². The van der Waals surface area contributed by atoms with E-state index in [1.165, 1.54) is 6.92 Å². The highest BCUT2D eigenvalue weighted by molar-refractivity contribution is 5.97. The molecule has 0 radical (unpaired) electrons. The van der Waals surface area contributed by atoms with E-state index in [0.29, 0.717) is 0 Å². The van der Waals surface area contributed by atoms with Gasteiger partial charge in [-0.15, -0.1) is 0 Å². The van der Waals surface area contributed by atoms with E-state index in [1.54, 1.807) is 20.0 Å². The molecule has 1 aromatic heterocycles. The number of benzene rings is 1. The molecule has 0 aliphatic rings. The van der Waals surface area contributed by atoms with Gasteiger partial charge in [0.05, 0.1) is 19.1 Å². The molecular formula is C41H68N16O8. The summed E-state index contributed by atoms with van der Waals surface area (Å²) in [5, 5.41) is 19.0. The van der Waals surface area contributed by atoms with Crippen molar-refractivity contribution in [1.29, 1.82) is 0 Å². The topological polar surface area (TPSA) is 417 Å². The average Bonchev–Trinajstić information content (AvgIpc) is 3.64. The maximum absolute atomic E-state index is 14.0. The van der Waals surface area contributed by atoms with Gasteiger partial charge in [0.25, 0.3) is 0 Å². The van der Waals surface area contributed by atoms with E-state index in [1.807, 2.05) is 38.1 Å². The number of aromatic nitrogens is 1. The number of carbonyl (C=O) groups excluding carboxylic acids is 8. The van der Waals surface area contributed by atoms with Gasteiger partial charge in [0, 0.05) is 36.6 Å². The van der Waals surface area contributed by atoms with Gasteiger partial charge in [0.2, 0.25) is 47.3 Å². The molecule has 2 aromatic rings. The number of aliphatic imine (C=N–C) groups is 2. The summed E-state index contributed by atoms with van der Waals surface area (Å²) in [7, 11) is 0. The summed E-state index contributed by atoms with van der Waals surface area (Å²) < 4.78 is 0. The lowest BCUT2D eigenvalue weighted by Gasteiger charge is -2.29. The van der Waals surface area contributed by atoms with Crippen molar-refractivity contribution in [3.05, 3.63) is 36.0 Å². The van der Waals surface area contributed by atoms with Crippen LogP contribution in [0, 0.1) is 11.8 Å². The van der Waals surface area contributed by atoms with Gasteiger partial charge in [-0.25, -0.2) is 0 Å². The third-order valence-corrected chi connectivity index (χ3v) is 9.77. The Bertz CT molecular complexity index is 2010. The second-order valence-corrected chi connectivity index (χ2v) is 16.3.